The van der Waals surface area contributed by atoms with Crippen molar-refractivity contribution in [2.75, 3.05) is 52.3 Å². The molecule has 0 saturated carbocycles. The standard InChI is InChI=1S/C29H32Cl2FN5O4/c1-36(2)10-3-4-26(38)37-11-7-18(8-12-37)40-24-14-20-23(15-25(24)41-19-9-13-39-16-19)33-17-34-29(20)35-22-6-5-21(30)27(31)28(22)32/h3-6,14-15,17-19H,7-13,16H2,1-2H3,(H,33,34,35)/b4-3+/t19-/m1/s1. The number of nitrogens with zero attached hydrogens (tertiary/aromatic N) is 4. The molecular formula is C29H32Cl2FN5O4. The molecule has 2 saturated heterocycles. The fourth-order valence-corrected chi connectivity index (χ4v) is 5.04. The van der Waals surface area contributed by atoms with Crippen LogP contribution >= 0.6 is 23.2 Å². The summed E-state index contributed by atoms with van der Waals surface area (Å²) in [7, 11) is 3.91. The minimum atomic E-state index is -0.679. The molecule has 3 heterocycles. The molecule has 12 heteroatoms. The van der Waals surface area contributed by atoms with Crippen LogP contribution in [0.2, 0.25) is 10.0 Å². The number of hydrogen-bond acceptors (Lipinski definition) is 8. The van der Waals surface area contributed by atoms with Crippen LogP contribution in [0.3, 0.4) is 0 Å². The molecule has 1 aromatic heterocycles. The number of likely N-dealkylation sites (tertiary alicyclic amines) is 1. The Morgan fingerprint density at radius 1 is 1.15 bits per heavy atom. The molecule has 2 fully saturated rings. The number of piperidine rings is 1. The van der Waals surface area contributed by atoms with E-state index in [0.29, 0.717) is 73.9 Å². The maximum absolute atomic E-state index is 14.8. The average Bonchev–Trinajstić information content (AvgIpc) is 3.47. The van der Waals surface area contributed by atoms with Gasteiger partial charge in [0.05, 0.1) is 34.5 Å². The van der Waals surface area contributed by atoms with Gasteiger partial charge in [-0.25, -0.2) is 14.4 Å². The number of ether oxygens (including phenoxy) is 3. The molecule has 0 radical (unpaired) electrons. The van der Waals surface area contributed by atoms with E-state index in [0.717, 1.165) is 6.42 Å². The molecule has 9 nitrogen and oxygen atoms in total. The highest BCUT2D eigenvalue weighted by Gasteiger charge is 2.26. The molecule has 218 valence electrons. The van der Waals surface area contributed by atoms with Crippen molar-refractivity contribution in [3.05, 3.63) is 58.6 Å². The zero-order chi connectivity index (χ0) is 28.9. The molecule has 5 rings (SSSR count). The van der Waals surface area contributed by atoms with Crippen LogP contribution in [-0.4, -0.2) is 84.8 Å². The normalized spacial score (nSPS) is 18.0. The molecule has 41 heavy (non-hydrogen) atoms. The zero-order valence-corrected chi connectivity index (χ0v) is 24.4. The van der Waals surface area contributed by atoms with E-state index in [4.69, 9.17) is 37.4 Å². The summed E-state index contributed by atoms with van der Waals surface area (Å²) in [5, 5.41) is 3.57. The Morgan fingerprint density at radius 3 is 2.63 bits per heavy atom. The first-order valence-corrected chi connectivity index (χ1v) is 14.2. The van der Waals surface area contributed by atoms with Crippen LogP contribution in [0.1, 0.15) is 19.3 Å². The van der Waals surface area contributed by atoms with Gasteiger partial charge >= 0.3 is 0 Å². The predicted octanol–water partition coefficient (Wildman–Crippen LogP) is 5.47. The number of hydrogen-bond donors (Lipinski definition) is 1. The van der Waals surface area contributed by atoms with E-state index < -0.39 is 5.82 Å². The van der Waals surface area contributed by atoms with Crippen molar-refractivity contribution in [2.24, 2.45) is 0 Å². The van der Waals surface area contributed by atoms with Crippen LogP contribution in [0.25, 0.3) is 10.9 Å². The number of carbonyl (C=O) groups excluding carboxylic acids is 1. The average molecular weight is 605 g/mol. The van der Waals surface area contributed by atoms with E-state index >= 15 is 0 Å². The molecule has 3 aromatic rings. The van der Waals surface area contributed by atoms with Gasteiger partial charge in [-0.1, -0.05) is 29.3 Å². The Hall–Kier alpha value is -3.18. The van der Waals surface area contributed by atoms with Crippen molar-refractivity contribution >= 4 is 51.5 Å². The Labute approximate surface area is 248 Å². The molecule has 2 aliphatic heterocycles. The number of benzene rings is 2. The molecule has 0 spiro atoms. The lowest BCUT2D eigenvalue weighted by atomic mass is 10.1. The third-order valence-electron chi connectivity index (χ3n) is 6.95. The molecule has 2 aromatic carbocycles. The fourth-order valence-electron chi connectivity index (χ4n) is 4.73. The fraction of sp³-hybridized carbons (Fsp3) is 0.414. The van der Waals surface area contributed by atoms with Gasteiger partial charge in [0.1, 0.15) is 24.4 Å². The second kappa shape index (κ2) is 13.2. The molecule has 0 aliphatic carbocycles. The number of fused-ring (bicyclic) bond motifs is 1. The molecule has 1 N–H and O–H groups in total. The molecule has 0 unspecified atom stereocenters. The van der Waals surface area contributed by atoms with E-state index in [-0.39, 0.29) is 33.8 Å². The minimum absolute atomic E-state index is 0.00339. The molecule has 1 amide bonds. The van der Waals surface area contributed by atoms with Crippen LogP contribution in [0, 0.1) is 5.82 Å². The first-order valence-electron chi connectivity index (χ1n) is 13.5. The number of amides is 1. The second-order valence-electron chi connectivity index (χ2n) is 10.3. The number of carbonyl (C=O) groups is 1. The molecule has 1 atom stereocenters. The third-order valence-corrected chi connectivity index (χ3v) is 7.73. The maximum atomic E-state index is 14.8. The van der Waals surface area contributed by atoms with Gasteiger partial charge in [0.15, 0.2) is 17.3 Å². The van der Waals surface area contributed by atoms with Gasteiger partial charge in [0, 0.05) is 56.4 Å². The Bertz CT molecular complexity index is 1430. The summed E-state index contributed by atoms with van der Waals surface area (Å²) in [4.78, 5) is 25.2. The summed E-state index contributed by atoms with van der Waals surface area (Å²) < 4.78 is 33.1. The summed E-state index contributed by atoms with van der Waals surface area (Å²) >= 11 is 12.0. The number of likely N-dealkylation sites (N-methyl/N-ethyl adjacent to an activating group) is 1. The van der Waals surface area contributed by atoms with Crippen molar-refractivity contribution in [1.29, 1.82) is 0 Å². The summed E-state index contributed by atoms with van der Waals surface area (Å²) in [6.07, 6.45) is 6.77. The lowest BCUT2D eigenvalue weighted by molar-refractivity contribution is -0.127. The first kappa shape index (κ1) is 29.3. The van der Waals surface area contributed by atoms with E-state index in [2.05, 4.69) is 15.3 Å². The van der Waals surface area contributed by atoms with E-state index in [1.807, 2.05) is 30.0 Å². The Morgan fingerprint density at radius 2 is 1.90 bits per heavy atom. The van der Waals surface area contributed by atoms with Crippen molar-refractivity contribution in [2.45, 2.75) is 31.5 Å². The van der Waals surface area contributed by atoms with Crippen molar-refractivity contribution in [1.82, 2.24) is 19.8 Å². The number of anilines is 2. The van der Waals surface area contributed by atoms with Crippen LogP contribution in [0.5, 0.6) is 11.5 Å². The summed E-state index contributed by atoms with van der Waals surface area (Å²) in [6, 6.07) is 6.62. The minimum Gasteiger partial charge on any atom is -0.486 e. The topological polar surface area (TPSA) is 89.1 Å². The van der Waals surface area contributed by atoms with Crippen molar-refractivity contribution in [3.8, 4) is 11.5 Å². The van der Waals surface area contributed by atoms with E-state index in [1.165, 1.54) is 18.5 Å². The van der Waals surface area contributed by atoms with Gasteiger partial charge in [0.25, 0.3) is 0 Å². The predicted molar refractivity (Wildman–Crippen MR) is 157 cm³/mol. The second-order valence-corrected chi connectivity index (χ2v) is 11.1. The highest BCUT2D eigenvalue weighted by Crippen LogP contribution is 2.38. The smallest absolute Gasteiger partial charge is 0.246 e. The highest BCUT2D eigenvalue weighted by atomic mass is 35.5. The van der Waals surface area contributed by atoms with Gasteiger partial charge < -0.3 is 29.3 Å². The SMILES string of the molecule is CN(C)C/C=C/C(=O)N1CCC(Oc2cc3c(Nc4ccc(Cl)c(Cl)c4F)ncnc3cc2O[C@@H]2CCOC2)CC1. The lowest BCUT2D eigenvalue weighted by Gasteiger charge is -2.32. The zero-order valence-electron chi connectivity index (χ0n) is 22.9. The van der Waals surface area contributed by atoms with Crippen molar-refractivity contribution in [3.63, 3.8) is 0 Å². The van der Waals surface area contributed by atoms with Crippen LogP contribution < -0.4 is 14.8 Å². The van der Waals surface area contributed by atoms with Gasteiger partial charge in [-0.2, -0.15) is 0 Å². The molecular weight excluding hydrogens is 572 g/mol. The third kappa shape index (κ3) is 7.19. The van der Waals surface area contributed by atoms with Crippen LogP contribution in [0.15, 0.2) is 42.7 Å². The van der Waals surface area contributed by atoms with Gasteiger partial charge in [-0.15, -0.1) is 0 Å². The van der Waals surface area contributed by atoms with Gasteiger partial charge in [-0.05, 0) is 32.3 Å². The number of halogens is 3. The Kier molecular flexibility index (Phi) is 9.44. The number of rotatable bonds is 9. The lowest BCUT2D eigenvalue weighted by Crippen LogP contribution is -2.41. The van der Waals surface area contributed by atoms with Crippen LogP contribution in [-0.2, 0) is 9.53 Å². The van der Waals surface area contributed by atoms with E-state index in [9.17, 15) is 9.18 Å². The molecule has 2 aliphatic rings. The largest absolute Gasteiger partial charge is 0.486 e. The highest BCUT2D eigenvalue weighted by molar-refractivity contribution is 6.42. The summed E-state index contributed by atoms with van der Waals surface area (Å²) in [6.45, 7) is 3.01. The van der Waals surface area contributed by atoms with Crippen LogP contribution in [0.4, 0.5) is 15.9 Å². The monoisotopic (exact) mass is 603 g/mol. The molecule has 0 bridgehead atoms. The summed E-state index contributed by atoms with van der Waals surface area (Å²) in [5.74, 6) is 0.763. The number of aromatic nitrogens is 2. The van der Waals surface area contributed by atoms with Crippen molar-refractivity contribution < 1.29 is 23.4 Å². The Balaban J connectivity index is 1.38. The maximum Gasteiger partial charge on any atom is 0.246 e. The first-order chi connectivity index (χ1) is 19.8. The number of nitrogens with one attached hydrogen (secondary N) is 1. The quantitative estimate of drug-likeness (QED) is 0.254. The summed E-state index contributed by atoms with van der Waals surface area (Å²) in [5.41, 5.74) is 0.719. The van der Waals surface area contributed by atoms with Gasteiger partial charge in [-0.3, -0.25) is 4.79 Å². The van der Waals surface area contributed by atoms with Gasteiger partial charge in [0.2, 0.25) is 5.91 Å². The van der Waals surface area contributed by atoms with E-state index in [1.54, 1.807) is 18.2 Å².